The molecule has 0 saturated carbocycles. The average molecular weight is 463 g/mol. The summed E-state index contributed by atoms with van der Waals surface area (Å²) in [5, 5.41) is 24.4. The maximum atomic E-state index is 13.8. The van der Waals surface area contributed by atoms with Gasteiger partial charge in [-0.25, -0.2) is 0 Å². The van der Waals surface area contributed by atoms with Crippen LogP contribution in [0.5, 0.6) is 23.0 Å². The van der Waals surface area contributed by atoms with Gasteiger partial charge in [-0.1, -0.05) is 18.2 Å². The van der Waals surface area contributed by atoms with E-state index >= 15 is 0 Å². The second-order valence-corrected chi connectivity index (χ2v) is 8.55. The molecule has 1 aliphatic carbocycles. The maximum Gasteiger partial charge on any atom is 0.194 e. The number of methoxy groups -OCH3 is 1. The second kappa shape index (κ2) is 8.06. The van der Waals surface area contributed by atoms with Crippen molar-refractivity contribution in [1.29, 1.82) is 0 Å². The minimum atomic E-state index is -1.54. The molecule has 0 amide bonds. The number of phenolic OH excluding ortho intramolecular Hbond substituents is 2. The van der Waals surface area contributed by atoms with Crippen LogP contribution in [0.4, 0.5) is 0 Å². The van der Waals surface area contributed by atoms with E-state index in [2.05, 4.69) is 5.32 Å². The monoisotopic (exact) mass is 463 g/mol. The minimum Gasteiger partial charge on any atom is -0.507 e. The van der Waals surface area contributed by atoms with Crippen LogP contribution < -0.4 is 14.8 Å². The van der Waals surface area contributed by atoms with E-state index in [0.717, 1.165) is 5.56 Å². The van der Waals surface area contributed by atoms with Gasteiger partial charge in [-0.05, 0) is 33.8 Å². The van der Waals surface area contributed by atoms with Gasteiger partial charge in [0.05, 0.1) is 18.2 Å². The lowest BCUT2D eigenvalue weighted by Gasteiger charge is -2.29. The summed E-state index contributed by atoms with van der Waals surface area (Å²) in [4.78, 5) is 39.0. The van der Waals surface area contributed by atoms with Gasteiger partial charge >= 0.3 is 0 Å². The largest absolute Gasteiger partial charge is 0.507 e. The number of rotatable bonds is 5. The molecule has 0 unspecified atom stereocenters. The van der Waals surface area contributed by atoms with Crippen molar-refractivity contribution in [1.82, 2.24) is 5.32 Å². The first-order chi connectivity index (χ1) is 16.0. The van der Waals surface area contributed by atoms with Crippen molar-refractivity contribution in [3.63, 3.8) is 0 Å². The van der Waals surface area contributed by atoms with Crippen molar-refractivity contribution < 1.29 is 34.1 Å². The lowest BCUT2D eigenvalue weighted by Crippen LogP contribution is -2.41. The van der Waals surface area contributed by atoms with E-state index in [-0.39, 0.29) is 39.5 Å². The molecule has 1 heterocycles. The Bertz CT molecular complexity index is 1340. The predicted octanol–water partition coefficient (Wildman–Crippen LogP) is 3.37. The third-order valence-electron chi connectivity index (χ3n) is 6.50. The highest BCUT2D eigenvalue weighted by molar-refractivity contribution is 6.31. The highest BCUT2D eigenvalue weighted by atomic mass is 16.5. The molecule has 1 atom stereocenters. The first-order valence-corrected chi connectivity index (χ1v) is 10.7. The topological polar surface area (TPSA) is 122 Å². The van der Waals surface area contributed by atoms with E-state index in [1.54, 1.807) is 14.0 Å². The van der Waals surface area contributed by atoms with Crippen molar-refractivity contribution in [2.24, 2.45) is 0 Å². The molecule has 0 spiro atoms. The van der Waals surface area contributed by atoms with E-state index in [9.17, 15) is 24.6 Å². The van der Waals surface area contributed by atoms with Crippen LogP contribution in [0.2, 0.25) is 0 Å². The number of phenols is 2. The van der Waals surface area contributed by atoms with Gasteiger partial charge in [-0.3, -0.25) is 14.4 Å². The molecule has 0 fully saturated rings. The summed E-state index contributed by atoms with van der Waals surface area (Å²) in [5.41, 5.74) is -0.451. The van der Waals surface area contributed by atoms with Crippen LogP contribution in [0, 0.1) is 6.92 Å². The molecule has 176 valence electrons. The summed E-state index contributed by atoms with van der Waals surface area (Å²) in [5.74, 6) is -1.85. The van der Waals surface area contributed by atoms with Gasteiger partial charge in [-0.2, -0.15) is 0 Å². The summed E-state index contributed by atoms with van der Waals surface area (Å²) in [6.45, 7) is 6.16. The van der Waals surface area contributed by atoms with Crippen molar-refractivity contribution in [3.8, 4) is 23.0 Å². The number of aromatic hydroxyl groups is 2. The molecule has 8 heteroatoms. The molecule has 0 radical (unpaired) electrons. The first kappa shape index (κ1) is 23.1. The Labute approximate surface area is 196 Å². The minimum absolute atomic E-state index is 0.00146. The fourth-order valence-corrected chi connectivity index (χ4v) is 4.53. The van der Waals surface area contributed by atoms with Crippen LogP contribution >= 0.6 is 0 Å². The average Bonchev–Trinajstić information content (AvgIpc) is 3.09. The number of allylic oxidation sites excluding steroid dienone is 4. The smallest absolute Gasteiger partial charge is 0.194 e. The second-order valence-electron chi connectivity index (χ2n) is 8.55. The highest BCUT2D eigenvalue weighted by Gasteiger charge is 2.56. The molecule has 1 aliphatic heterocycles. The highest BCUT2D eigenvalue weighted by Crippen LogP contribution is 2.57. The lowest BCUT2D eigenvalue weighted by molar-refractivity contribution is -0.123. The first-order valence-electron chi connectivity index (χ1n) is 10.7. The summed E-state index contributed by atoms with van der Waals surface area (Å²) in [7, 11) is 1.56. The van der Waals surface area contributed by atoms with Gasteiger partial charge in [0.25, 0.3) is 0 Å². The number of nitrogens with one attached hydrogen (secondary N) is 1. The van der Waals surface area contributed by atoms with Crippen LogP contribution in [-0.4, -0.2) is 34.7 Å². The number of carbonyl (C=O) groups is 3. The molecule has 0 aromatic heterocycles. The van der Waals surface area contributed by atoms with E-state index in [1.165, 1.54) is 26.8 Å². The zero-order valence-corrected chi connectivity index (χ0v) is 19.5. The predicted molar refractivity (Wildman–Crippen MR) is 123 cm³/mol. The van der Waals surface area contributed by atoms with E-state index in [4.69, 9.17) is 9.47 Å². The molecule has 2 aliphatic rings. The third kappa shape index (κ3) is 3.17. The number of carbonyl (C=O) groups excluding carboxylic acids is 3. The van der Waals surface area contributed by atoms with Crippen LogP contribution in [-0.2, 0) is 21.5 Å². The Kier molecular flexibility index (Phi) is 5.47. The van der Waals surface area contributed by atoms with Gasteiger partial charge in [0, 0.05) is 29.4 Å². The number of ether oxygens (including phenoxy) is 2. The molecular formula is C26H25NO7. The lowest BCUT2D eigenvalue weighted by atomic mass is 9.70. The van der Waals surface area contributed by atoms with Gasteiger partial charge in [-0.15, -0.1) is 0 Å². The Morgan fingerprint density at radius 3 is 2.47 bits per heavy atom. The molecule has 8 nitrogen and oxygen atoms in total. The Morgan fingerprint density at radius 1 is 1.15 bits per heavy atom. The maximum absolute atomic E-state index is 13.8. The summed E-state index contributed by atoms with van der Waals surface area (Å²) < 4.78 is 11.1. The van der Waals surface area contributed by atoms with E-state index < -0.39 is 28.5 Å². The molecule has 34 heavy (non-hydrogen) atoms. The number of Topliss-reactive ketones (excluding diaryl/α,β-unsaturated/α-hetero) is 2. The zero-order chi connectivity index (χ0) is 24.9. The van der Waals surface area contributed by atoms with Crippen molar-refractivity contribution >= 4 is 17.3 Å². The number of para-hydroxylation sites is 1. The quantitative estimate of drug-likeness (QED) is 0.351. The molecule has 2 aromatic rings. The van der Waals surface area contributed by atoms with Gasteiger partial charge in [0.2, 0.25) is 0 Å². The Balaban J connectivity index is 1.82. The van der Waals surface area contributed by atoms with Crippen molar-refractivity contribution in [2.45, 2.75) is 39.7 Å². The van der Waals surface area contributed by atoms with Crippen molar-refractivity contribution in [2.75, 3.05) is 7.11 Å². The summed E-state index contributed by atoms with van der Waals surface area (Å²) >= 11 is 0. The number of hydrogen-bond acceptors (Lipinski definition) is 8. The van der Waals surface area contributed by atoms with Crippen molar-refractivity contribution in [3.05, 3.63) is 69.6 Å². The fourth-order valence-electron chi connectivity index (χ4n) is 4.53. The van der Waals surface area contributed by atoms with Crippen LogP contribution in [0.3, 0.4) is 0 Å². The number of hydrogen-bond donors (Lipinski definition) is 3. The van der Waals surface area contributed by atoms with Crippen LogP contribution in [0.25, 0.3) is 0 Å². The molecule has 4 rings (SSSR count). The summed E-state index contributed by atoms with van der Waals surface area (Å²) in [6.07, 6.45) is 1.20. The standard InChI is InChI=1S/C26H25NO7/c1-12-22(30)20(14(3)28)24-21(23(12)31)26(4)18(34-24)10-16(29)19(25(26)32)13(2)27-11-15-8-6-7-9-17(15)33-5/h6-10,27,30-31H,11H2,1-5H3/b19-13+/t26-/m0/s1. The van der Waals surface area contributed by atoms with Gasteiger partial charge in [0.15, 0.2) is 17.3 Å². The zero-order valence-electron chi connectivity index (χ0n) is 19.5. The molecule has 0 bridgehead atoms. The third-order valence-corrected chi connectivity index (χ3v) is 6.50. The molecule has 0 saturated heterocycles. The van der Waals surface area contributed by atoms with E-state index in [0.29, 0.717) is 18.0 Å². The van der Waals surface area contributed by atoms with Gasteiger partial charge < -0.3 is 25.0 Å². The van der Waals surface area contributed by atoms with E-state index in [1.807, 2.05) is 24.3 Å². The fraction of sp³-hybridized carbons (Fsp3) is 0.269. The number of benzene rings is 2. The van der Waals surface area contributed by atoms with Gasteiger partial charge in [0.1, 0.15) is 39.7 Å². The SMILES string of the molecule is COc1ccccc1CN/C(C)=C1\C(=O)C=C2Oc3c(C(C)=O)c(O)c(C)c(O)c3[C@@]2(C)C1=O. The number of fused-ring (bicyclic) bond motifs is 3. The Hall–Kier alpha value is -4.07. The van der Waals surface area contributed by atoms with Crippen LogP contribution in [0.15, 0.2) is 47.4 Å². The summed E-state index contributed by atoms with van der Waals surface area (Å²) in [6, 6.07) is 7.38. The normalized spacial score (nSPS) is 20.2. The van der Waals surface area contributed by atoms with Crippen LogP contribution in [0.1, 0.15) is 47.8 Å². The molecule has 2 aromatic carbocycles. The molecule has 3 N–H and O–H groups in total. The molecular weight excluding hydrogens is 438 g/mol. The number of ketones is 3. The Morgan fingerprint density at radius 2 is 1.82 bits per heavy atom.